The Balaban J connectivity index is 1.86. The van der Waals surface area contributed by atoms with Gasteiger partial charge in [0.25, 0.3) is 0 Å². The second-order valence-corrected chi connectivity index (χ2v) is 6.39. The van der Waals surface area contributed by atoms with E-state index in [1.54, 1.807) is 12.1 Å². The van der Waals surface area contributed by atoms with E-state index in [1.807, 2.05) is 11.0 Å². The van der Waals surface area contributed by atoms with Crippen molar-refractivity contribution < 1.29 is 9.18 Å². The van der Waals surface area contributed by atoms with Gasteiger partial charge in [0.1, 0.15) is 5.82 Å². The lowest BCUT2D eigenvalue weighted by atomic mass is 9.63. The van der Waals surface area contributed by atoms with Gasteiger partial charge in [0.2, 0.25) is 5.91 Å². The molecule has 0 N–H and O–H groups in total. The van der Waals surface area contributed by atoms with E-state index in [9.17, 15) is 9.18 Å². The minimum absolute atomic E-state index is 0.153. The van der Waals surface area contributed by atoms with Crippen LogP contribution in [0.3, 0.4) is 0 Å². The van der Waals surface area contributed by atoms with Crippen molar-refractivity contribution in [3.05, 3.63) is 35.6 Å². The van der Waals surface area contributed by atoms with Crippen molar-refractivity contribution in [3.8, 4) is 0 Å². The number of piperidine rings is 1. The third-order valence-electron chi connectivity index (χ3n) is 5.08. The molecule has 0 unspecified atom stereocenters. The highest BCUT2D eigenvalue weighted by Gasteiger charge is 2.49. The van der Waals surface area contributed by atoms with Gasteiger partial charge in [-0.25, -0.2) is 4.39 Å². The summed E-state index contributed by atoms with van der Waals surface area (Å²) in [5.74, 6) is 0.622. The summed E-state index contributed by atoms with van der Waals surface area (Å²) in [5, 5.41) is 0. The molecule has 3 rings (SSSR count). The summed E-state index contributed by atoms with van der Waals surface area (Å²) in [6.45, 7) is 3.89. The maximum Gasteiger partial charge on any atom is 0.233 e. The van der Waals surface area contributed by atoms with Crippen LogP contribution in [0.4, 0.5) is 4.39 Å². The van der Waals surface area contributed by atoms with Crippen LogP contribution < -0.4 is 0 Å². The quantitative estimate of drug-likeness (QED) is 0.809. The Bertz CT molecular complexity index is 501. The SMILES string of the molecule is CC1CCN(C(=O)C2(c3ccccc3F)CCC2)CC1. The Hall–Kier alpha value is -1.38. The summed E-state index contributed by atoms with van der Waals surface area (Å²) in [5.41, 5.74) is 0.0289. The Labute approximate surface area is 120 Å². The molecule has 108 valence electrons. The van der Waals surface area contributed by atoms with E-state index < -0.39 is 5.41 Å². The van der Waals surface area contributed by atoms with Gasteiger partial charge in [0.15, 0.2) is 0 Å². The monoisotopic (exact) mass is 275 g/mol. The maximum atomic E-state index is 14.1. The van der Waals surface area contributed by atoms with Gasteiger partial charge in [-0.05, 0) is 37.7 Å². The van der Waals surface area contributed by atoms with E-state index in [0.717, 1.165) is 45.2 Å². The Kier molecular flexibility index (Phi) is 3.53. The van der Waals surface area contributed by atoms with Crippen LogP contribution >= 0.6 is 0 Å². The van der Waals surface area contributed by atoms with Crippen LogP contribution in [0.1, 0.15) is 44.6 Å². The first kappa shape index (κ1) is 13.6. The number of carbonyl (C=O) groups excluding carboxylic acids is 1. The van der Waals surface area contributed by atoms with Gasteiger partial charge in [0.05, 0.1) is 5.41 Å². The Morgan fingerprint density at radius 3 is 2.45 bits per heavy atom. The third-order valence-corrected chi connectivity index (χ3v) is 5.08. The molecule has 2 fully saturated rings. The summed E-state index contributed by atoms with van der Waals surface area (Å²) in [6.07, 6.45) is 4.74. The highest BCUT2D eigenvalue weighted by atomic mass is 19.1. The molecule has 0 bridgehead atoms. The molecule has 1 saturated carbocycles. The number of likely N-dealkylation sites (tertiary alicyclic amines) is 1. The van der Waals surface area contributed by atoms with Crippen molar-refractivity contribution in [2.24, 2.45) is 5.92 Å². The lowest BCUT2D eigenvalue weighted by Crippen LogP contribution is -2.53. The van der Waals surface area contributed by atoms with Crippen LogP contribution in [-0.4, -0.2) is 23.9 Å². The average molecular weight is 275 g/mol. The van der Waals surface area contributed by atoms with E-state index >= 15 is 0 Å². The number of carbonyl (C=O) groups is 1. The van der Waals surface area contributed by atoms with E-state index in [0.29, 0.717) is 11.5 Å². The molecule has 1 aromatic rings. The van der Waals surface area contributed by atoms with Gasteiger partial charge in [-0.15, -0.1) is 0 Å². The second-order valence-electron chi connectivity index (χ2n) is 6.39. The molecule has 20 heavy (non-hydrogen) atoms. The van der Waals surface area contributed by atoms with Gasteiger partial charge in [0, 0.05) is 18.7 Å². The predicted molar refractivity (Wildman–Crippen MR) is 76.9 cm³/mol. The molecule has 1 amide bonds. The molecular formula is C17H22FNO. The van der Waals surface area contributed by atoms with Crippen molar-refractivity contribution in [3.63, 3.8) is 0 Å². The Morgan fingerprint density at radius 1 is 1.25 bits per heavy atom. The van der Waals surface area contributed by atoms with Crippen molar-refractivity contribution in [1.82, 2.24) is 4.90 Å². The molecule has 1 heterocycles. The molecular weight excluding hydrogens is 253 g/mol. The number of rotatable bonds is 2. The summed E-state index contributed by atoms with van der Waals surface area (Å²) in [7, 11) is 0. The fraction of sp³-hybridized carbons (Fsp3) is 0.588. The maximum absolute atomic E-state index is 14.1. The van der Waals surface area contributed by atoms with E-state index in [2.05, 4.69) is 6.92 Å². The average Bonchev–Trinajstić information content (AvgIpc) is 2.40. The number of hydrogen-bond acceptors (Lipinski definition) is 1. The lowest BCUT2D eigenvalue weighted by Gasteiger charge is -2.45. The molecule has 0 radical (unpaired) electrons. The van der Waals surface area contributed by atoms with E-state index in [-0.39, 0.29) is 11.7 Å². The number of halogens is 1. The molecule has 1 aliphatic heterocycles. The number of nitrogens with zero attached hydrogens (tertiary/aromatic N) is 1. The zero-order chi connectivity index (χ0) is 14.2. The second kappa shape index (κ2) is 5.19. The molecule has 1 aromatic carbocycles. The fourth-order valence-corrected chi connectivity index (χ4v) is 3.49. The van der Waals surface area contributed by atoms with Crippen molar-refractivity contribution in [2.45, 2.75) is 44.4 Å². The van der Waals surface area contributed by atoms with Crippen molar-refractivity contribution in [1.29, 1.82) is 0 Å². The largest absolute Gasteiger partial charge is 0.342 e. The zero-order valence-electron chi connectivity index (χ0n) is 12.1. The molecule has 1 aliphatic carbocycles. The van der Waals surface area contributed by atoms with Crippen LogP contribution in [0.5, 0.6) is 0 Å². The van der Waals surface area contributed by atoms with Gasteiger partial charge >= 0.3 is 0 Å². The summed E-state index contributed by atoms with van der Waals surface area (Å²) < 4.78 is 14.1. The first-order valence-electron chi connectivity index (χ1n) is 7.68. The first-order chi connectivity index (χ1) is 9.63. The van der Waals surface area contributed by atoms with Crippen LogP contribution in [0.25, 0.3) is 0 Å². The summed E-state index contributed by atoms with van der Waals surface area (Å²) in [4.78, 5) is 14.9. The van der Waals surface area contributed by atoms with Crippen molar-refractivity contribution >= 4 is 5.91 Å². The van der Waals surface area contributed by atoms with E-state index in [1.165, 1.54) is 6.07 Å². The highest BCUT2D eigenvalue weighted by molar-refractivity contribution is 5.89. The summed E-state index contributed by atoms with van der Waals surface area (Å²) >= 11 is 0. The topological polar surface area (TPSA) is 20.3 Å². The van der Waals surface area contributed by atoms with Crippen LogP contribution in [0.2, 0.25) is 0 Å². The fourth-order valence-electron chi connectivity index (χ4n) is 3.49. The van der Waals surface area contributed by atoms with Gasteiger partial charge in [-0.3, -0.25) is 4.79 Å². The summed E-state index contributed by atoms with van der Waals surface area (Å²) in [6, 6.07) is 6.79. The number of hydrogen-bond donors (Lipinski definition) is 0. The van der Waals surface area contributed by atoms with Crippen LogP contribution in [0, 0.1) is 11.7 Å². The smallest absolute Gasteiger partial charge is 0.233 e. The molecule has 1 saturated heterocycles. The minimum Gasteiger partial charge on any atom is -0.342 e. The highest BCUT2D eigenvalue weighted by Crippen LogP contribution is 2.46. The molecule has 0 atom stereocenters. The predicted octanol–water partition coefficient (Wildman–Crippen LogP) is 3.51. The zero-order valence-corrected chi connectivity index (χ0v) is 12.1. The number of benzene rings is 1. The molecule has 0 aromatic heterocycles. The van der Waals surface area contributed by atoms with Gasteiger partial charge in [-0.2, -0.15) is 0 Å². The molecule has 2 aliphatic rings. The standard InChI is InChI=1S/C17H22FNO/c1-13-7-11-19(12-8-13)16(20)17(9-4-10-17)14-5-2-3-6-15(14)18/h2-3,5-6,13H,4,7-12H2,1H3. The molecule has 2 nitrogen and oxygen atoms in total. The molecule has 3 heteroatoms. The minimum atomic E-state index is -0.577. The van der Waals surface area contributed by atoms with Crippen LogP contribution in [-0.2, 0) is 10.2 Å². The van der Waals surface area contributed by atoms with Crippen molar-refractivity contribution in [2.75, 3.05) is 13.1 Å². The van der Waals surface area contributed by atoms with E-state index in [4.69, 9.17) is 0 Å². The number of amides is 1. The molecule has 0 spiro atoms. The van der Waals surface area contributed by atoms with Gasteiger partial charge in [-0.1, -0.05) is 31.5 Å². The normalized spacial score (nSPS) is 22.4. The Morgan fingerprint density at radius 2 is 1.90 bits per heavy atom. The lowest BCUT2D eigenvalue weighted by molar-refractivity contribution is -0.142. The third kappa shape index (κ3) is 2.13. The first-order valence-corrected chi connectivity index (χ1v) is 7.68. The van der Waals surface area contributed by atoms with Gasteiger partial charge < -0.3 is 4.90 Å². The van der Waals surface area contributed by atoms with Crippen LogP contribution in [0.15, 0.2) is 24.3 Å².